The van der Waals surface area contributed by atoms with Crippen LogP contribution in [0, 0.1) is 0 Å². The molecule has 0 unspecified atom stereocenters. The van der Waals surface area contributed by atoms with Gasteiger partial charge in [0.05, 0.1) is 11.9 Å². The number of hydrogen-bond donors (Lipinski definition) is 2. The highest BCUT2D eigenvalue weighted by atomic mass is 16.4. The van der Waals surface area contributed by atoms with Crippen molar-refractivity contribution < 1.29 is 14.7 Å². The molecule has 6 nitrogen and oxygen atoms in total. The summed E-state index contributed by atoms with van der Waals surface area (Å²) in [5, 5.41) is 10.6. The van der Waals surface area contributed by atoms with Crippen molar-refractivity contribution in [3.8, 4) is 0 Å². The molecule has 2 rings (SSSR count). The first kappa shape index (κ1) is 11.8. The Labute approximate surface area is 103 Å². The lowest BCUT2D eigenvalue weighted by atomic mass is 10.3. The Morgan fingerprint density at radius 1 is 1.44 bits per heavy atom. The Bertz CT molecular complexity index is 616. The predicted octanol–water partition coefficient (Wildman–Crippen LogP) is 0.548. The number of carbonyl (C=O) groups is 2. The Hall–Kier alpha value is -2.63. The van der Waals surface area contributed by atoms with Crippen LogP contribution in [0.3, 0.4) is 0 Å². The van der Waals surface area contributed by atoms with Crippen molar-refractivity contribution >= 4 is 23.6 Å². The molecule has 0 aromatic carbocycles. The van der Waals surface area contributed by atoms with E-state index < -0.39 is 18.4 Å². The van der Waals surface area contributed by atoms with E-state index in [-0.39, 0.29) is 0 Å². The highest BCUT2D eigenvalue weighted by molar-refractivity contribution is 5.93. The monoisotopic (exact) mass is 245 g/mol. The van der Waals surface area contributed by atoms with E-state index in [1.165, 1.54) is 6.08 Å². The zero-order chi connectivity index (χ0) is 13.0. The smallest absolute Gasteiger partial charge is 0.322 e. The molecule has 0 fully saturated rings. The lowest BCUT2D eigenvalue weighted by molar-refractivity contribution is -0.137. The highest BCUT2D eigenvalue weighted by Crippen LogP contribution is 2.07. The molecule has 2 heterocycles. The fraction of sp³-hybridized carbons (Fsp3) is 0.0833. The molecular formula is C12H11N3O3. The zero-order valence-corrected chi connectivity index (χ0v) is 9.41. The molecule has 0 bridgehead atoms. The molecule has 2 N–H and O–H groups in total. The maximum Gasteiger partial charge on any atom is 0.322 e. The van der Waals surface area contributed by atoms with Gasteiger partial charge in [-0.1, -0.05) is 6.07 Å². The van der Waals surface area contributed by atoms with Gasteiger partial charge in [0.1, 0.15) is 12.2 Å². The van der Waals surface area contributed by atoms with Crippen molar-refractivity contribution in [2.24, 2.45) is 0 Å². The summed E-state index contributed by atoms with van der Waals surface area (Å²) in [4.78, 5) is 25.7. The van der Waals surface area contributed by atoms with Crippen LogP contribution in [-0.2, 0) is 9.59 Å². The number of carboxylic acids is 1. The number of pyridine rings is 1. The molecule has 92 valence electrons. The van der Waals surface area contributed by atoms with Crippen LogP contribution in [0.1, 0.15) is 5.69 Å². The molecule has 2 aromatic heterocycles. The summed E-state index contributed by atoms with van der Waals surface area (Å²) >= 11 is 0. The molecule has 0 aliphatic carbocycles. The average molecular weight is 245 g/mol. The van der Waals surface area contributed by atoms with Gasteiger partial charge >= 0.3 is 5.97 Å². The average Bonchev–Trinajstić information content (AvgIpc) is 2.77. The molecule has 6 heteroatoms. The molecule has 1 amide bonds. The van der Waals surface area contributed by atoms with E-state index in [1.807, 2.05) is 28.8 Å². The van der Waals surface area contributed by atoms with E-state index in [1.54, 1.807) is 12.3 Å². The fourth-order valence-electron chi connectivity index (χ4n) is 1.46. The molecule has 0 radical (unpaired) electrons. The fourth-order valence-corrected chi connectivity index (χ4v) is 1.46. The summed E-state index contributed by atoms with van der Waals surface area (Å²) in [6, 6.07) is 5.58. The summed E-state index contributed by atoms with van der Waals surface area (Å²) in [6.45, 7) is -0.393. The van der Waals surface area contributed by atoms with Crippen molar-refractivity contribution in [3.05, 3.63) is 42.4 Å². The number of rotatable bonds is 4. The predicted molar refractivity (Wildman–Crippen MR) is 64.9 cm³/mol. The minimum atomic E-state index is -1.08. The number of imidazole rings is 1. The van der Waals surface area contributed by atoms with Crippen LogP contribution in [0.4, 0.5) is 0 Å². The van der Waals surface area contributed by atoms with Gasteiger partial charge in [-0.2, -0.15) is 0 Å². The molecule has 0 saturated heterocycles. The summed E-state index contributed by atoms with van der Waals surface area (Å²) < 4.78 is 1.82. The van der Waals surface area contributed by atoms with Crippen LogP contribution in [0.25, 0.3) is 11.7 Å². The Balaban J connectivity index is 2.09. The van der Waals surface area contributed by atoms with Crippen molar-refractivity contribution in [2.75, 3.05) is 6.54 Å². The van der Waals surface area contributed by atoms with E-state index in [2.05, 4.69) is 10.3 Å². The van der Waals surface area contributed by atoms with Gasteiger partial charge in [0.15, 0.2) is 0 Å². The lowest BCUT2D eigenvalue weighted by Crippen LogP contribution is -2.27. The molecule has 0 spiro atoms. The van der Waals surface area contributed by atoms with Gasteiger partial charge < -0.3 is 14.8 Å². The largest absolute Gasteiger partial charge is 0.480 e. The SMILES string of the molecule is O=C(O)CNC(=O)/C=C/c1cnc2ccccn12. The topological polar surface area (TPSA) is 83.7 Å². The van der Waals surface area contributed by atoms with E-state index in [9.17, 15) is 9.59 Å². The number of nitrogens with one attached hydrogen (secondary N) is 1. The third-order valence-electron chi connectivity index (χ3n) is 2.26. The highest BCUT2D eigenvalue weighted by Gasteiger charge is 2.01. The van der Waals surface area contributed by atoms with Crippen LogP contribution in [0.2, 0.25) is 0 Å². The number of amides is 1. The van der Waals surface area contributed by atoms with E-state index in [0.29, 0.717) is 0 Å². The number of aliphatic carboxylic acids is 1. The summed E-state index contributed by atoms with van der Waals surface area (Å²) in [7, 11) is 0. The van der Waals surface area contributed by atoms with Gasteiger partial charge in [-0.05, 0) is 18.2 Å². The standard InChI is InChI=1S/C12H11N3O3/c16-11(14-8-12(17)18)5-4-9-7-13-10-3-1-2-6-15(9)10/h1-7H,8H2,(H,14,16)(H,17,18)/b5-4+. The second-order valence-electron chi connectivity index (χ2n) is 3.56. The summed E-state index contributed by atoms with van der Waals surface area (Å²) in [5.74, 6) is -1.53. The number of fused-ring (bicyclic) bond motifs is 1. The number of carboxylic acid groups (broad SMARTS) is 1. The Kier molecular flexibility index (Phi) is 3.38. The summed E-state index contributed by atoms with van der Waals surface area (Å²) in [6.07, 6.45) is 6.32. The van der Waals surface area contributed by atoms with Crippen molar-refractivity contribution in [1.82, 2.24) is 14.7 Å². The van der Waals surface area contributed by atoms with Crippen LogP contribution < -0.4 is 5.32 Å². The van der Waals surface area contributed by atoms with Gasteiger partial charge in [-0.25, -0.2) is 4.98 Å². The Morgan fingerprint density at radius 2 is 2.28 bits per heavy atom. The molecular weight excluding hydrogens is 234 g/mol. The third-order valence-corrected chi connectivity index (χ3v) is 2.26. The summed E-state index contributed by atoms with van der Waals surface area (Å²) in [5.41, 5.74) is 1.53. The van der Waals surface area contributed by atoms with E-state index >= 15 is 0 Å². The molecule has 2 aromatic rings. The molecule has 18 heavy (non-hydrogen) atoms. The first-order chi connectivity index (χ1) is 8.66. The lowest BCUT2D eigenvalue weighted by Gasteiger charge is -1.97. The number of aromatic nitrogens is 2. The molecule has 0 aliphatic heterocycles. The van der Waals surface area contributed by atoms with Gasteiger partial charge in [0.2, 0.25) is 5.91 Å². The Morgan fingerprint density at radius 3 is 3.06 bits per heavy atom. The van der Waals surface area contributed by atoms with Gasteiger partial charge in [0.25, 0.3) is 0 Å². The number of nitrogens with zero attached hydrogens (tertiary/aromatic N) is 2. The van der Waals surface area contributed by atoms with Crippen molar-refractivity contribution in [2.45, 2.75) is 0 Å². The minimum absolute atomic E-state index is 0.393. The van der Waals surface area contributed by atoms with Crippen LogP contribution in [0.15, 0.2) is 36.7 Å². The van der Waals surface area contributed by atoms with Gasteiger partial charge in [-0.15, -0.1) is 0 Å². The van der Waals surface area contributed by atoms with Crippen LogP contribution in [0.5, 0.6) is 0 Å². The normalized spacial score (nSPS) is 10.9. The minimum Gasteiger partial charge on any atom is -0.480 e. The quantitative estimate of drug-likeness (QED) is 0.770. The second-order valence-corrected chi connectivity index (χ2v) is 3.56. The van der Waals surface area contributed by atoms with E-state index in [4.69, 9.17) is 5.11 Å². The second kappa shape index (κ2) is 5.13. The first-order valence-corrected chi connectivity index (χ1v) is 5.26. The molecule has 0 atom stereocenters. The number of hydrogen-bond acceptors (Lipinski definition) is 3. The molecule has 0 saturated carbocycles. The van der Waals surface area contributed by atoms with E-state index in [0.717, 1.165) is 11.3 Å². The van der Waals surface area contributed by atoms with Gasteiger partial charge in [-0.3, -0.25) is 9.59 Å². The first-order valence-electron chi connectivity index (χ1n) is 5.26. The number of carbonyl (C=O) groups excluding carboxylic acids is 1. The van der Waals surface area contributed by atoms with Gasteiger partial charge in [0, 0.05) is 12.3 Å². The third kappa shape index (κ3) is 2.73. The van der Waals surface area contributed by atoms with Crippen molar-refractivity contribution in [1.29, 1.82) is 0 Å². The molecule has 0 aliphatic rings. The zero-order valence-electron chi connectivity index (χ0n) is 9.41. The maximum atomic E-state index is 11.3. The maximum absolute atomic E-state index is 11.3. The van der Waals surface area contributed by atoms with Crippen LogP contribution >= 0.6 is 0 Å². The van der Waals surface area contributed by atoms with Crippen LogP contribution in [-0.4, -0.2) is 32.9 Å². The van der Waals surface area contributed by atoms with Crippen molar-refractivity contribution in [3.63, 3.8) is 0 Å².